The van der Waals surface area contributed by atoms with Gasteiger partial charge in [-0.15, -0.1) is 4.37 Å². The fraction of sp³-hybridized carbons (Fsp3) is 0.556. The molecule has 8 nitrogen and oxygen atoms in total. The fourth-order valence-corrected chi connectivity index (χ4v) is 2.87. The molecule has 0 fully saturated rings. The Morgan fingerprint density at radius 3 is 2.52 bits per heavy atom. The van der Waals surface area contributed by atoms with E-state index in [9.17, 15) is 9.59 Å². The van der Waals surface area contributed by atoms with Gasteiger partial charge in [0.2, 0.25) is 0 Å². The third kappa shape index (κ3) is 9.86. The molecule has 0 amide bonds. The minimum atomic E-state index is -1.26. The highest BCUT2D eigenvalue weighted by Gasteiger charge is 2.18. The van der Waals surface area contributed by atoms with Crippen LogP contribution < -0.4 is 4.74 Å². The summed E-state index contributed by atoms with van der Waals surface area (Å²) in [4.78, 5) is 21.4. The molecule has 0 saturated carbocycles. The van der Waals surface area contributed by atoms with Crippen molar-refractivity contribution in [2.45, 2.75) is 33.1 Å². The van der Waals surface area contributed by atoms with E-state index >= 15 is 0 Å². The van der Waals surface area contributed by atoms with Crippen molar-refractivity contribution in [1.29, 1.82) is 0 Å². The summed E-state index contributed by atoms with van der Waals surface area (Å²) in [5.41, 5.74) is 2.20. The Kier molecular flexibility index (Phi) is 10.3. The molecule has 2 heterocycles. The average Bonchev–Trinajstić information content (AvgIpc) is 3.06. The van der Waals surface area contributed by atoms with Gasteiger partial charge in [0.15, 0.2) is 0 Å². The second-order valence-corrected chi connectivity index (χ2v) is 7.10. The van der Waals surface area contributed by atoms with E-state index in [2.05, 4.69) is 40.6 Å². The second-order valence-electron chi connectivity index (χ2n) is 6.57. The van der Waals surface area contributed by atoms with Crippen molar-refractivity contribution in [1.82, 2.24) is 13.6 Å². The van der Waals surface area contributed by atoms with E-state index in [0.29, 0.717) is 12.2 Å². The highest BCUT2D eigenvalue weighted by Crippen LogP contribution is 2.27. The lowest BCUT2D eigenvalue weighted by molar-refractivity contribution is -0.134. The molecule has 0 atom stereocenters. The van der Waals surface area contributed by atoms with Crippen LogP contribution in [0.15, 0.2) is 18.2 Å². The quantitative estimate of drug-likeness (QED) is 0.509. The van der Waals surface area contributed by atoms with E-state index in [1.54, 1.807) is 0 Å². The second kappa shape index (κ2) is 12.2. The molecule has 0 saturated heterocycles. The Morgan fingerprint density at radius 1 is 1.30 bits per heavy atom. The number of likely N-dealkylation sites (N-methyl/N-ethyl adjacent to an activating group) is 1. The highest BCUT2D eigenvalue weighted by atomic mass is 32.1. The molecule has 150 valence electrons. The third-order valence-corrected chi connectivity index (χ3v) is 4.15. The van der Waals surface area contributed by atoms with Crippen LogP contribution in [0.4, 0.5) is 0 Å². The van der Waals surface area contributed by atoms with Crippen molar-refractivity contribution < 1.29 is 24.5 Å². The maximum Gasteiger partial charge on any atom is 0.328 e. The van der Waals surface area contributed by atoms with Crippen LogP contribution in [0, 0.1) is 5.92 Å². The third-order valence-electron chi connectivity index (χ3n) is 3.64. The number of hydrogen-bond donors (Lipinski definition) is 2. The molecule has 27 heavy (non-hydrogen) atoms. The molecule has 1 aliphatic heterocycles. The topological polar surface area (TPSA) is 113 Å². The molecular weight excluding hydrogens is 370 g/mol. The summed E-state index contributed by atoms with van der Waals surface area (Å²) in [6.45, 7) is 7.26. The van der Waals surface area contributed by atoms with Gasteiger partial charge in [-0.3, -0.25) is 0 Å². The molecule has 1 aliphatic rings. The molecule has 2 rings (SSSR count). The van der Waals surface area contributed by atoms with Gasteiger partial charge in [-0.05, 0) is 37.8 Å². The Bertz CT molecular complexity index is 654. The summed E-state index contributed by atoms with van der Waals surface area (Å²) < 4.78 is 14.5. The molecule has 0 aliphatic carbocycles. The summed E-state index contributed by atoms with van der Waals surface area (Å²) in [6.07, 6.45) is 6.73. The van der Waals surface area contributed by atoms with E-state index in [1.807, 2.05) is 0 Å². The molecule has 0 radical (unpaired) electrons. The summed E-state index contributed by atoms with van der Waals surface area (Å²) in [5.74, 6) is -1.07. The van der Waals surface area contributed by atoms with Crippen LogP contribution in [-0.4, -0.2) is 62.5 Å². The molecule has 0 bridgehead atoms. The maximum atomic E-state index is 9.55. The van der Waals surface area contributed by atoms with Crippen molar-refractivity contribution in [3.8, 4) is 5.88 Å². The zero-order valence-corrected chi connectivity index (χ0v) is 16.7. The lowest BCUT2D eigenvalue weighted by Crippen LogP contribution is -2.25. The number of hydrogen-bond acceptors (Lipinski definition) is 7. The molecule has 0 spiro atoms. The van der Waals surface area contributed by atoms with Gasteiger partial charge in [0.05, 0.1) is 18.3 Å². The number of carboxylic acid groups (broad SMARTS) is 2. The first-order valence-electron chi connectivity index (χ1n) is 8.76. The van der Waals surface area contributed by atoms with Crippen molar-refractivity contribution in [3.05, 3.63) is 23.9 Å². The number of ether oxygens (including phenoxy) is 1. The van der Waals surface area contributed by atoms with Gasteiger partial charge in [0, 0.05) is 25.2 Å². The Morgan fingerprint density at radius 2 is 1.96 bits per heavy atom. The maximum absolute atomic E-state index is 9.55. The first kappa shape index (κ1) is 22.8. The van der Waals surface area contributed by atoms with Gasteiger partial charge >= 0.3 is 11.9 Å². The van der Waals surface area contributed by atoms with Crippen molar-refractivity contribution >= 4 is 29.2 Å². The summed E-state index contributed by atoms with van der Waals surface area (Å²) in [5, 5.41) is 15.6. The van der Waals surface area contributed by atoms with Gasteiger partial charge in [0.25, 0.3) is 5.88 Å². The number of aliphatic carboxylic acids is 2. The lowest BCUT2D eigenvalue weighted by Gasteiger charge is -2.22. The Balaban J connectivity index is 0.000000387. The van der Waals surface area contributed by atoms with Crippen molar-refractivity contribution in [2.75, 3.05) is 26.7 Å². The molecule has 0 unspecified atom stereocenters. The standard InChI is InChI=1S/C14H23N3OS.C4H4O4/c1-11(2)6-5-9-18-14-13(15-19-16-14)12-7-4-8-17(3)10-12;5-3(6)1-2-4(7)8/h7,11H,4-6,8-10H2,1-3H3;1-2H,(H,5,6)(H,7,8). The average molecular weight is 397 g/mol. The summed E-state index contributed by atoms with van der Waals surface area (Å²) in [7, 11) is 2.13. The Labute approximate surface area is 163 Å². The van der Waals surface area contributed by atoms with E-state index in [0.717, 1.165) is 50.0 Å². The van der Waals surface area contributed by atoms with Gasteiger partial charge < -0.3 is 19.8 Å². The van der Waals surface area contributed by atoms with E-state index < -0.39 is 11.9 Å². The molecule has 1 aromatic heterocycles. The van der Waals surface area contributed by atoms with Crippen LogP contribution in [0.1, 0.15) is 38.8 Å². The first-order chi connectivity index (χ1) is 12.8. The van der Waals surface area contributed by atoms with Crippen molar-refractivity contribution in [3.63, 3.8) is 0 Å². The van der Waals surface area contributed by atoms with Crippen LogP contribution in [0.2, 0.25) is 0 Å². The van der Waals surface area contributed by atoms with Gasteiger partial charge in [-0.2, -0.15) is 4.37 Å². The van der Waals surface area contributed by atoms with E-state index in [-0.39, 0.29) is 0 Å². The normalized spacial score (nSPS) is 14.6. The smallest absolute Gasteiger partial charge is 0.328 e. The highest BCUT2D eigenvalue weighted by molar-refractivity contribution is 6.99. The first-order valence-corrected chi connectivity index (χ1v) is 9.49. The SMILES string of the molecule is CC(C)CCCOc1nsnc1C1=CCCN(C)C1.O=C(O)C=CC(=O)O. The summed E-state index contributed by atoms with van der Waals surface area (Å²) >= 11 is 1.24. The molecule has 1 aromatic rings. The minimum Gasteiger partial charge on any atom is -0.478 e. The van der Waals surface area contributed by atoms with E-state index in [1.165, 1.54) is 23.7 Å². The van der Waals surface area contributed by atoms with Crippen LogP contribution in [0.25, 0.3) is 5.57 Å². The fourth-order valence-electron chi connectivity index (χ4n) is 2.34. The van der Waals surface area contributed by atoms with Gasteiger partial charge in [-0.25, -0.2) is 9.59 Å². The molecule has 2 N–H and O–H groups in total. The number of rotatable bonds is 8. The molecule has 9 heteroatoms. The van der Waals surface area contributed by atoms with E-state index in [4.69, 9.17) is 14.9 Å². The number of aromatic nitrogens is 2. The minimum absolute atomic E-state index is 0.558. The summed E-state index contributed by atoms with van der Waals surface area (Å²) in [6, 6.07) is 0. The lowest BCUT2D eigenvalue weighted by atomic mass is 10.1. The van der Waals surface area contributed by atoms with Crippen LogP contribution >= 0.6 is 11.7 Å². The number of carboxylic acids is 2. The van der Waals surface area contributed by atoms with Crippen LogP contribution in [0.3, 0.4) is 0 Å². The van der Waals surface area contributed by atoms with Crippen LogP contribution in [-0.2, 0) is 9.59 Å². The largest absolute Gasteiger partial charge is 0.478 e. The van der Waals surface area contributed by atoms with Crippen molar-refractivity contribution in [2.24, 2.45) is 5.92 Å². The van der Waals surface area contributed by atoms with Gasteiger partial charge in [-0.1, -0.05) is 19.9 Å². The molecular formula is C18H27N3O5S. The van der Waals surface area contributed by atoms with Gasteiger partial charge in [0.1, 0.15) is 5.69 Å². The van der Waals surface area contributed by atoms with Crippen LogP contribution in [0.5, 0.6) is 5.88 Å². The Hall–Kier alpha value is -2.26. The monoisotopic (exact) mass is 397 g/mol. The zero-order chi connectivity index (χ0) is 20.2. The predicted octanol–water partition coefficient (Wildman–Crippen LogP) is 2.78. The number of carbonyl (C=O) groups is 2. The zero-order valence-electron chi connectivity index (χ0n) is 15.9. The predicted molar refractivity (Wildman–Crippen MR) is 104 cm³/mol. The number of nitrogens with zero attached hydrogens (tertiary/aromatic N) is 3. The molecule has 0 aromatic carbocycles.